The maximum absolute atomic E-state index is 12.0. The predicted molar refractivity (Wildman–Crippen MR) is 72.2 cm³/mol. The molecule has 0 heterocycles. The van der Waals surface area contributed by atoms with Gasteiger partial charge in [0.15, 0.2) is 0 Å². The molecule has 0 saturated heterocycles. The van der Waals surface area contributed by atoms with Gasteiger partial charge in [-0.25, -0.2) is 8.42 Å². The molecule has 1 N–H and O–H groups in total. The molecule has 1 aromatic rings. The van der Waals surface area contributed by atoms with Gasteiger partial charge in [-0.2, -0.15) is 13.2 Å². The van der Waals surface area contributed by atoms with Crippen molar-refractivity contribution in [3.05, 3.63) is 23.8 Å². The molecule has 1 amide bonds. The first-order valence-corrected chi connectivity index (χ1v) is 7.84. The van der Waals surface area contributed by atoms with E-state index in [1.807, 2.05) is 0 Å². The average molecular weight is 345 g/mol. The number of nitrogens with one attached hydrogen (secondary N) is 1. The van der Waals surface area contributed by atoms with Gasteiger partial charge < -0.3 is 10.2 Å². The predicted octanol–water partition coefficient (Wildman–Crippen LogP) is 1.97. The van der Waals surface area contributed by atoms with Gasteiger partial charge in [0, 0.05) is 30.3 Å². The molecule has 0 aromatic heterocycles. The molecule has 0 bridgehead atoms. The Morgan fingerprint density at radius 3 is 2.33 bits per heavy atom. The van der Waals surface area contributed by atoms with Crippen molar-refractivity contribution in [2.75, 3.05) is 25.5 Å². The van der Waals surface area contributed by atoms with Crippen molar-refractivity contribution in [2.24, 2.45) is 0 Å². The summed E-state index contributed by atoms with van der Waals surface area (Å²) in [5, 5.41) is 1.65. The Morgan fingerprint density at radius 2 is 1.90 bits per heavy atom. The summed E-state index contributed by atoms with van der Waals surface area (Å²) in [6.07, 6.45) is -4.55. The molecule has 0 atom stereocenters. The zero-order valence-corrected chi connectivity index (χ0v) is 12.6. The number of nitrogens with zero attached hydrogens (tertiary/aromatic N) is 1. The molecule has 0 fully saturated rings. The number of hydrogen-bond acceptors (Lipinski definition) is 4. The first-order valence-electron chi connectivity index (χ1n) is 5.53. The van der Waals surface area contributed by atoms with Crippen LogP contribution >= 0.6 is 10.7 Å². The molecule has 0 saturated carbocycles. The molecule has 118 valence electrons. The van der Waals surface area contributed by atoms with E-state index < -0.39 is 27.7 Å². The number of anilines is 1. The van der Waals surface area contributed by atoms with Crippen molar-refractivity contribution in [1.82, 2.24) is 5.32 Å². The molecular weight excluding hydrogens is 333 g/mol. The van der Waals surface area contributed by atoms with E-state index in [1.54, 1.807) is 19.4 Å². The van der Waals surface area contributed by atoms with Gasteiger partial charge in [-0.15, -0.1) is 0 Å². The highest BCUT2D eigenvalue weighted by Crippen LogP contribution is 2.28. The van der Waals surface area contributed by atoms with Crippen LogP contribution in [0.25, 0.3) is 0 Å². The van der Waals surface area contributed by atoms with Crippen LogP contribution in [0.5, 0.6) is 0 Å². The third-order valence-electron chi connectivity index (χ3n) is 2.42. The zero-order valence-electron chi connectivity index (χ0n) is 11.0. The highest BCUT2D eigenvalue weighted by molar-refractivity contribution is 8.13. The highest BCUT2D eigenvalue weighted by atomic mass is 35.7. The molecule has 5 nitrogen and oxygen atoms in total. The number of benzene rings is 1. The number of carbonyl (C=O) groups is 1. The monoisotopic (exact) mass is 344 g/mol. The average Bonchev–Trinajstić information content (AvgIpc) is 2.33. The quantitative estimate of drug-likeness (QED) is 0.848. The summed E-state index contributed by atoms with van der Waals surface area (Å²) in [6, 6.07) is 3.44. The summed E-state index contributed by atoms with van der Waals surface area (Å²) in [7, 11) is 4.24. The minimum Gasteiger partial charge on any atom is -0.377 e. The molecule has 0 unspecified atom stereocenters. The van der Waals surface area contributed by atoms with Crippen LogP contribution in [0, 0.1) is 0 Å². The van der Waals surface area contributed by atoms with Gasteiger partial charge in [-0.05, 0) is 18.2 Å². The lowest BCUT2D eigenvalue weighted by Gasteiger charge is -2.16. The maximum atomic E-state index is 12.0. The maximum Gasteiger partial charge on any atom is 0.405 e. The second kappa shape index (κ2) is 6.10. The Morgan fingerprint density at radius 1 is 1.33 bits per heavy atom. The summed E-state index contributed by atoms with van der Waals surface area (Å²) in [5.74, 6) is -1.04. The van der Waals surface area contributed by atoms with Gasteiger partial charge in [0.1, 0.15) is 11.4 Å². The van der Waals surface area contributed by atoms with Gasteiger partial charge in [0.05, 0.1) is 5.69 Å². The fourth-order valence-electron chi connectivity index (χ4n) is 1.50. The minimum atomic E-state index is -4.55. The van der Waals surface area contributed by atoms with Gasteiger partial charge in [-0.3, -0.25) is 4.79 Å². The third-order valence-corrected chi connectivity index (χ3v) is 3.77. The summed E-state index contributed by atoms with van der Waals surface area (Å²) in [4.78, 5) is 12.7. The molecule has 10 heteroatoms. The normalized spacial score (nSPS) is 12.1. The number of amides is 1. The molecule has 0 radical (unpaired) electrons. The van der Waals surface area contributed by atoms with E-state index in [4.69, 9.17) is 10.7 Å². The zero-order chi connectivity index (χ0) is 16.4. The Balaban J connectivity index is 3.15. The van der Waals surface area contributed by atoms with E-state index >= 15 is 0 Å². The first-order chi connectivity index (χ1) is 9.42. The fourth-order valence-corrected chi connectivity index (χ4v) is 2.64. The summed E-state index contributed by atoms with van der Waals surface area (Å²) >= 11 is 0. The number of rotatable bonds is 4. The number of alkyl halides is 3. The van der Waals surface area contributed by atoms with Gasteiger partial charge in [0.25, 0.3) is 15.0 Å². The van der Waals surface area contributed by atoms with Crippen LogP contribution in [0.3, 0.4) is 0 Å². The van der Waals surface area contributed by atoms with E-state index in [9.17, 15) is 26.4 Å². The summed E-state index contributed by atoms with van der Waals surface area (Å²) < 4.78 is 59.0. The topological polar surface area (TPSA) is 66.5 Å². The number of hydrogen-bond donors (Lipinski definition) is 1. The van der Waals surface area contributed by atoms with Crippen molar-refractivity contribution in [3.8, 4) is 0 Å². The number of carbonyl (C=O) groups excluding carboxylic acids is 1. The van der Waals surface area contributed by atoms with Crippen LogP contribution in [-0.4, -0.2) is 41.1 Å². The van der Waals surface area contributed by atoms with Crippen LogP contribution in [-0.2, 0) is 9.05 Å². The van der Waals surface area contributed by atoms with E-state index in [-0.39, 0.29) is 16.1 Å². The molecule has 1 rings (SSSR count). The van der Waals surface area contributed by atoms with E-state index in [1.165, 1.54) is 17.0 Å². The number of halogens is 4. The fraction of sp³-hybridized carbons (Fsp3) is 0.364. The van der Waals surface area contributed by atoms with Crippen LogP contribution in [0.2, 0.25) is 0 Å². The van der Waals surface area contributed by atoms with Gasteiger partial charge >= 0.3 is 6.18 Å². The molecule has 21 heavy (non-hydrogen) atoms. The van der Waals surface area contributed by atoms with E-state index in [0.29, 0.717) is 0 Å². The third kappa shape index (κ3) is 5.09. The molecule has 0 aliphatic carbocycles. The molecular formula is C11H12ClF3N2O3S. The van der Waals surface area contributed by atoms with Crippen molar-refractivity contribution in [2.45, 2.75) is 11.1 Å². The first kappa shape index (κ1) is 17.6. The highest BCUT2D eigenvalue weighted by Gasteiger charge is 2.28. The molecule has 0 spiro atoms. The lowest BCUT2D eigenvalue weighted by molar-refractivity contribution is -0.123. The van der Waals surface area contributed by atoms with Gasteiger partial charge in [0.2, 0.25) is 0 Å². The second-order valence-corrected chi connectivity index (χ2v) is 6.85. The second-order valence-electron chi connectivity index (χ2n) is 4.31. The van der Waals surface area contributed by atoms with E-state index in [0.717, 1.165) is 6.07 Å². The smallest absolute Gasteiger partial charge is 0.377 e. The van der Waals surface area contributed by atoms with Crippen molar-refractivity contribution < 1.29 is 26.4 Å². The van der Waals surface area contributed by atoms with Gasteiger partial charge in [-0.1, -0.05) is 0 Å². The Hall–Kier alpha value is -1.48. The van der Waals surface area contributed by atoms with Crippen molar-refractivity contribution in [3.63, 3.8) is 0 Å². The SMILES string of the molecule is CN(C)c1ccc(C(=O)NCC(F)(F)F)cc1S(=O)(=O)Cl. The van der Waals surface area contributed by atoms with Crippen molar-refractivity contribution in [1.29, 1.82) is 0 Å². The van der Waals surface area contributed by atoms with Crippen LogP contribution < -0.4 is 10.2 Å². The standard InChI is InChI=1S/C11H12ClF3N2O3S/c1-17(2)8-4-3-7(5-9(8)21(12,19)20)10(18)16-6-11(13,14)15/h3-5H,6H2,1-2H3,(H,16,18). The lowest BCUT2D eigenvalue weighted by Crippen LogP contribution is -2.33. The molecule has 0 aliphatic rings. The van der Waals surface area contributed by atoms with Crippen molar-refractivity contribution >= 4 is 31.3 Å². The Kier molecular flexibility index (Phi) is 5.11. The van der Waals surface area contributed by atoms with E-state index in [2.05, 4.69) is 0 Å². The lowest BCUT2D eigenvalue weighted by atomic mass is 10.2. The Labute approximate surface area is 124 Å². The minimum absolute atomic E-state index is 0.220. The largest absolute Gasteiger partial charge is 0.405 e. The van der Waals surface area contributed by atoms with Crippen LogP contribution in [0.15, 0.2) is 23.1 Å². The van der Waals surface area contributed by atoms with Crippen LogP contribution in [0.1, 0.15) is 10.4 Å². The Bertz CT molecular complexity index is 645. The molecule has 0 aliphatic heterocycles. The van der Waals surface area contributed by atoms with Crippen LogP contribution in [0.4, 0.5) is 18.9 Å². The summed E-state index contributed by atoms with van der Waals surface area (Å²) in [6.45, 7) is -1.51. The molecule has 1 aromatic carbocycles. The summed E-state index contributed by atoms with van der Waals surface area (Å²) in [5.41, 5.74) is -0.0125.